The number of hydrogen-bond donors (Lipinski definition) is 1. The van der Waals surface area contributed by atoms with Gasteiger partial charge < -0.3 is 28.9 Å². The summed E-state index contributed by atoms with van der Waals surface area (Å²) in [6, 6.07) is 7.53. The van der Waals surface area contributed by atoms with E-state index in [-0.39, 0.29) is 35.7 Å². The first-order valence-corrected chi connectivity index (χ1v) is 19.1. The number of hydrogen-bond acceptors (Lipinski definition) is 10. The van der Waals surface area contributed by atoms with Gasteiger partial charge in [0.15, 0.2) is 26.5 Å². The van der Waals surface area contributed by atoms with Gasteiger partial charge in [0.2, 0.25) is 5.88 Å². The van der Waals surface area contributed by atoms with Crippen molar-refractivity contribution in [3.8, 4) is 11.6 Å². The van der Waals surface area contributed by atoms with Crippen LogP contribution in [0.15, 0.2) is 30.3 Å². The van der Waals surface area contributed by atoms with Gasteiger partial charge in [0.05, 0.1) is 13.2 Å². The molecule has 1 saturated carbocycles. The summed E-state index contributed by atoms with van der Waals surface area (Å²) >= 11 is 0. The van der Waals surface area contributed by atoms with Gasteiger partial charge in [0.1, 0.15) is 17.7 Å². The van der Waals surface area contributed by atoms with E-state index in [1.165, 1.54) is 0 Å². The van der Waals surface area contributed by atoms with Crippen LogP contribution in [0.1, 0.15) is 45.6 Å². The highest BCUT2D eigenvalue weighted by Gasteiger charge is 2.48. The van der Waals surface area contributed by atoms with Crippen LogP contribution in [0.25, 0.3) is 6.08 Å². The molecular formula is C33H46N6O6Si. The number of ether oxygens (including phenoxy) is 3. The van der Waals surface area contributed by atoms with E-state index < -0.39 is 14.4 Å². The first-order chi connectivity index (χ1) is 21.9. The largest absolute Gasteiger partial charge is 0.481 e. The van der Waals surface area contributed by atoms with Gasteiger partial charge in [-0.3, -0.25) is 14.6 Å². The number of aromatic nitrogens is 2. The molecule has 3 atom stereocenters. The van der Waals surface area contributed by atoms with Crippen molar-refractivity contribution >= 4 is 43.8 Å². The molecule has 2 fully saturated rings. The summed E-state index contributed by atoms with van der Waals surface area (Å²) in [4.78, 5) is 40.9. The minimum atomic E-state index is -1.91. The average molecular weight is 651 g/mol. The summed E-state index contributed by atoms with van der Waals surface area (Å²) in [5.41, 5.74) is 1.08. The topological polar surface area (TPSA) is 119 Å². The van der Waals surface area contributed by atoms with Gasteiger partial charge in [0.25, 0.3) is 5.91 Å². The first-order valence-electron chi connectivity index (χ1n) is 16.2. The fourth-order valence-corrected chi connectivity index (χ4v) is 7.44. The van der Waals surface area contributed by atoms with Crippen molar-refractivity contribution in [2.75, 3.05) is 61.6 Å². The highest BCUT2D eigenvalue weighted by atomic mass is 28.4. The lowest BCUT2D eigenvalue weighted by Gasteiger charge is -2.41. The van der Waals surface area contributed by atoms with Crippen LogP contribution in [-0.2, 0) is 14.0 Å². The third-order valence-corrected chi connectivity index (χ3v) is 14.6. The van der Waals surface area contributed by atoms with Crippen LogP contribution in [-0.4, -0.2) is 99.9 Å². The number of carbonyl (C=O) groups excluding carboxylic acids is 2. The molecule has 2 amide bonds. The maximum Gasteiger partial charge on any atom is 0.416 e. The normalized spacial score (nSPS) is 22.5. The van der Waals surface area contributed by atoms with Gasteiger partial charge >= 0.3 is 6.09 Å². The number of rotatable bonds is 10. The van der Waals surface area contributed by atoms with Crippen LogP contribution < -0.4 is 24.6 Å². The zero-order valence-electron chi connectivity index (χ0n) is 27.7. The Morgan fingerprint density at radius 2 is 1.93 bits per heavy atom. The van der Waals surface area contributed by atoms with Crippen molar-refractivity contribution < 1.29 is 28.2 Å². The van der Waals surface area contributed by atoms with E-state index >= 15 is 0 Å². The monoisotopic (exact) mass is 650 g/mol. The Morgan fingerprint density at radius 1 is 1.11 bits per heavy atom. The second-order valence-electron chi connectivity index (χ2n) is 13.9. The van der Waals surface area contributed by atoms with E-state index in [4.69, 9.17) is 23.6 Å². The van der Waals surface area contributed by atoms with Gasteiger partial charge in [-0.2, -0.15) is 4.98 Å². The Labute approximate surface area is 272 Å². The molecule has 4 aliphatic rings. The third kappa shape index (κ3) is 6.58. The van der Waals surface area contributed by atoms with Crippen LogP contribution in [0.2, 0.25) is 18.1 Å². The molecule has 2 aromatic rings. The fraction of sp³-hybridized carbons (Fsp3) is 0.576. The number of nitrogens with one attached hydrogen (secondary N) is 1. The number of anilines is 3. The standard InChI is InChI=1S/C33H46N6O6Si/c1-33(2,3)46(5,6)44-19-18-37(16-17-38-15-7-8-22-9-14-29(42-4)36-31(22)38)23-10-11-24-26(20-23)45-32(41)39(24)27-13-12-25-30(34-27)35-28(40)21-43-25/h7-9,12-14,23-24,26H,10-11,15-21H2,1-6H3,(H,34,35,40)/t23-,24-,26+/m0/s1. The summed E-state index contributed by atoms with van der Waals surface area (Å²) in [6.45, 7) is 15.2. The molecule has 0 aromatic carbocycles. The Hall–Kier alpha value is -3.68. The van der Waals surface area contributed by atoms with Crippen molar-refractivity contribution in [1.82, 2.24) is 14.9 Å². The number of methoxy groups -OCH3 is 1. The first kappa shape index (κ1) is 32.3. The molecule has 0 radical (unpaired) electrons. The molecule has 13 heteroatoms. The average Bonchev–Trinajstić information content (AvgIpc) is 3.36. The number of pyridine rings is 2. The summed E-state index contributed by atoms with van der Waals surface area (Å²) in [5, 5.41) is 2.87. The maximum atomic E-state index is 13.2. The second kappa shape index (κ2) is 12.8. The van der Waals surface area contributed by atoms with E-state index in [9.17, 15) is 9.59 Å². The summed E-state index contributed by atoms with van der Waals surface area (Å²) in [6.07, 6.45) is 6.02. The molecular weight excluding hydrogens is 604 g/mol. The van der Waals surface area contributed by atoms with Crippen LogP contribution in [0, 0.1) is 0 Å². The Balaban J connectivity index is 1.16. The van der Waals surface area contributed by atoms with Gasteiger partial charge in [-0.15, -0.1) is 0 Å². The quantitative estimate of drug-likeness (QED) is 0.355. The molecule has 1 N–H and O–H groups in total. The molecule has 3 aliphatic heterocycles. The second-order valence-corrected chi connectivity index (χ2v) is 18.7. The van der Waals surface area contributed by atoms with Crippen LogP contribution in [0.3, 0.4) is 0 Å². The highest BCUT2D eigenvalue weighted by molar-refractivity contribution is 6.74. The zero-order chi connectivity index (χ0) is 32.6. The third-order valence-electron chi connectivity index (χ3n) is 10.0. The molecule has 0 bridgehead atoms. The number of nitrogens with zero attached hydrogens (tertiary/aromatic N) is 5. The Bertz CT molecular complexity index is 1500. The van der Waals surface area contributed by atoms with Crippen molar-refractivity contribution in [1.29, 1.82) is 0 Å². The lowest BCUT2D eigenvalue weighted by atomic mass is 9.87. The summed E-state index contributed by atoms with van der Waals surface area (Å²) in [5.74, 6) is 2.55. The van der Waals surface area contributed by atoms with Crippen molar-refractivity contribution in [3.63, 3.8) is 0 Å². The SMILES string of the molecule is COc1ccc2c(n1)N(CCN(CCO[Si](C)(C)C(C)(C)C)[C@H]1CC[C@H]3[C@@H](C1)OC(=O)N3c1ccc3c(n1)NC(=O)CO3)CC=C2. The predicted octanol–water partition coefficient (Wildman–Crippen LogP) is 4.92. The van der Waals surface area contributed by atoms with Gasteiger partial charge in [-0.05, 0) is 49.2 Å². The smallest absolute Gasteiger partial charge is 0.416 e. The summed E-state index contributed by atoms with van der Waals surface area (Å²) < 4.78 is 23.5. The minimum absolute atomic E-state index is 0.0467. The predicted molar refractivity (Wildman–Crippen MR) is 179 cm³/mol. The van der Waals surface area contributed by atoms with E-state index in [1.54, 1.807) is 24.1 Å². The lowest BCUT2D eigenvalue weighted by molar-refractivity contribution is -0.118. The van der Waals surface area contributed by atoms with Gasteiger partial charge in [-0.25, -0.2) is 9.78 Å². The molecule has 6 rings (SSSR count). The van der Waals surface area contributed by atoms with Crippen molar-refractivity contribution in [2.45, 2.75) is 76.4 Å². The molecule has 0 spiro atoms. The van der Waals surface area contributed by atoms with E-state index in [0.717, 1.165) is 56.8 Å². The van der Waals surface area contributed by atoms with Crippen LogP contribution in [0.5, 0.6) is 11.6 Å². The molecule has 0 unspecified atom stereocenters. The molecule has 1 aliphatic carbocycles. The van der Waals surface area contributed by atoms with Gasteiger partial charge in [-0.1, -0.05) is 32.9 Å². The molecule has 248 valence electrons. The van der Waals surface area contributed by atoms with Crippen LogP contribution in [0.4, 0.5) is 22.2 Å². The molecule has 2 aromatic heterocycles. The van der Waals surface area contributed by atoms with Crippen molar-refractivity contribution in [3.05, 3.63) is 35.9 Å². The molecule has 5 heterocycles. The minimum Gasteiger partial charge on any atom is -0.481 e. The zero-order valence-corrected chi connectivity index (χ0v) is 28.7. The van der Waals surface area contributed by atoms with Gasteiger partial charge in [0, 0.05) is 56.9 Å². The molecule has 1 saturated heterocycles. The Morgan fingerprint density at radius 3 is 2.72 bits per heavy atom. The molecule has 46 heavy (non-hydrogen) atoms. The summed E-state index contributed by atoms with van der Waals surface area (Å²) in [7, 11) is -0.273. The number of carbonyl (C=O) groups is 2. The number of amides is 2. The Kier molecular flexibility index (Phi) is 9.01. The van der Waals surface area contributed by atoms with Crippen molar-refractivity contribution in [2.24, 2.45) is 0 Å². The lowest BCUT2D eigenvalue weighted by Crippen LogP contribution is -2.51. The van der Waals surface area contributed by atoms with E-state index in [0.29, 0.717) is 29.9 Å². The van der Waals surface area contributed by atoms with E-state index in [2.05, 4.69) is 72.2 Å². The van der Waals surface area contributed by atoms with E-state index in [1.807, 2.05) is 6.07 Å². The molecule has 12 nitrogen and oxygen atoms in total. The highest BCUT2D eigenvalue weighted by Crippen LogP contribution is 2.39. The van der Waals surface area contributed by atoms with Crippen LogP contribution >= 0.6 is 0 Å². The number of fused-ring (bicyclic) bond motifs is 3. The maximum absolute atomic E-state index is 13.2. The fourth-order valence-electron chi connectivity index (χ4n) is 6.41.